The van der Waals surface area contributed by atoms with Crippen LogP contribution in [-0.4, -0.2) is 51.6 Å². The predicted octanol–water partition coefficient (Wildman–Crippen LogP) is 1.32. The van der Waals surface area contributed by atoms with Crippen molar-refractivity contribution >= 4 is 31.9 Å². The van der Waals surface area contributed by atoms with Crippen LogP contribution in [0.2, 0.25) is 0 Å². The molecule has 1 heterocycles. The Hall–Kier alpha value is -0.960. The monoisotopic (exact) mass is 377 g/mol. The molecule has 0 aliphatic carbocycles. The molecule has 8 heteroatoms. The van der Waals surface area contributed by atoms with Gasteiger partial charge in [0, 0.05) is 11.0 Å². The number of carbonyl (C=O) groups is 1. The van der Waals surface area contributed by atoms with E-state index in [9.17, 15) is 13.2 Å². The highest BCUT2D eigenvalue weighted by Gasteiger charge is 2.34. The molecular weight excluding hydrogens is 362 g/mol. The summed E-state index contributed by atoms with van der Waals surface area (Å²) in [6.45, 7) is 2.16. The molecule has 1 aromatic rings. The molecule has 21 heavy (non-hydrogen) atoms. The third kappa shape index (κ3) is 3.45. The Morgan fingerprint density at radius 3 is 2.81 bits per heavy atom. The number of esters is 1. The Bertz CT molecular complexity index is 646. The van der Waals surface area contributed by atoms with Crippen LogP contribution >= 0.6 is 15.9 Å². The normalized spacial score (nSPS) is 20.2. The first-order valence-electron chi connectivity index (χ1n) is 6.32. The number of morpholine rings is 1. The first-order chi connectivity index (χ1) is 9.86. The van der Waals surface area contributed by atoms with Gasteiger partial charge in [0.2, 0.25) is 10.0 Å². The summed E-state index contributed by atoms with van der Waals surface area (Å²) in [5, 5.41) is 0. The number of sulfonamides is 1. The van der Waals surface area contributed by atoms with Gasteiger partial charge in [0.1, 0.15) is 0 Å². The first-order valence-corrected chi connectivity index (χ1v) is 8.55. The van der Waals surface area contributed by atoms with Gasteiger partial charge in [-0.2, -0.15) is 4.31 Å². The molecular formula is C13H16BrNO5S. The summed E-state index contributed by atoms with van der Waals surface area (Å²) in [6.07, 6.45) is -0.880. The maximum atomic E-state index is 12.6. The van der Waals surface area contributed by atoms with Crippen LogP contribution < -0.4 is 0 Å². The molecule has 0 spiro atoms. The van der Waals surface area contributed by atoms with Crippen LogP contribution in [0.25, 0.3) is 0 Å². The lowest BCUT2D eigenvalue weighted by Crippen LogP contribution is -2.48. The second-order valence-corrected chi connectivity index (χ2v) is 7.45. The van der Waals surface area contributed by atoms with Gasteiger partial charge in [-0.25, -0.2) is 13.2 Å². The van der Waals surface area contributed by atoms with Gasteiger partial charge in [0.25, 0.3) is 0 Å². The van der Waals surface area contributed by atoms with E-state index in [1.165, 1.54) is 17.5 Å². The highest BCUT2D eigenvalue weighted by Crippen LogP contribution is 2.24. The van der Waals surface area contributed by atoms with Crippen LogP contribution in [0.3, 0.4) is 0 Å². The van der Waals surface area contributed by atoms with Crippen molar-refractivity contribution in [2.75, 3.05) is 26.8 Å². The molecule has 1 aromatic carbocycles. The molecule has 2 rings (SSSR count). The third-order valence-electron chi connectivity index (χ3n) is 3.26. The minimum atomic E-state index is -3.65. The fraction of sp³-hybridized carbons (Fsp3) is 0.462. The average Bonchev–Trinajstić information content (AvgIpc) is 2.49. The molecule has 6 nitrogen and oxygen atoms in total. The van der Waals surface area contributed by atoms with Crippen LogP contribution in [0, 0.1) is 6.92 Å². The van der Waals surface area contributed by atoms with Gasteiger partial charge < -0.3 is 9.47 Å². The van der Waals surface area contributed by atoms with Crippen molar-refractivity contribution < 1.29 is 22.7 Å². The molecule has 1 atom stereocenters. The Morgan fingerprint density at radius 2 is 2.19 bits per heavy atom. The van der Waals surface area contributed by atoms with Crippen molar-refractivity contribution in [3.8, 4) is 0 Å². The number of hydrogen-bond acceptors (Lipinski definition) is 5. The topological polar surface area (TPSA) is 72.9 Å². The Kier molecular flexibility index (Phi) is 5.03. The lowest BCUT2D eigenvalue weighted by molar-refractivity contribution is -0.157. The molecule has 0 N–H and O–H groups in total. The van der Waals surface area contributed by atoms with E-state index in [2.05, 4.69) is 20.7 Å². The van der Waals surface area contributed by atoms with Crippen molar-refractivity contribution in [1.82, 2.24) is 4.31 Å². The Morgan fingerprint density at radius 1 is 1.48 bits per heavy atom. The van der Waals surface area contributed by atoms with E-state index < -0.39 is 22.1 Å². The number of nitrogens with zero attached hydrogens (tertiary/aromatic N) is 1. The van der Waals surface area contributed by atoms with E-state index in [1.54, 1.807) is 12.1 Å². The predicted molar refractivity (Wildman–Crippen MR) is 79.4 cm³/mol. The van der Waals surface area contributed by atoms with Crippen LogP contribution in [0.15, 0.2) is 27.6 Å². The number of ether oxygens (including phenoxy) is 2. The summed E-state index contributed by atoms with van der Waals surface area (Å²) < 4.78 is 37.2. The molecule has 1 aliphatic heterocycles. The SMILES string of the molecule is COC(=O)C1CN(S(=O)(=O)c2ccc(Br)c(C)c2)CCO1. The standard InChI is InChI=1S/C13H16BrNO5S/c1-9-7-10(3-4-11(9)14)21(17,18)15-5-6-20-12(8-15)13(16)19-2/h3-4,7,12H,5-6,8H2,1-2H3. The van der Waals surface area contributed by atoms with E-state index in [0.29, 0.717) is 0 Å². The van der Waals surface area contributed by atoms with Crippen molar-refractivity contribution in [2.24, 2.45) is 0 Å². The number of halogens is 1. The molecule has 1 aliphatic rings. The third-order valence-corrected chi connectivity index (χ3v) is 6.01. The maximum Gasteiger partial charge on any atom is 0.336 e. The summed E-state index contributed by atoms with van der Waals surface area (Å²) in [7, 11) is -2.40. The minimum Gasteiger partial charge on any atom is -0.467 e. The summed E-state index contributed by atoms with van der Waals surface area (Å²) in [6, 6.07) is 4.83. The molecule has 1 saturated heterocycles. The minimum absolute atomic E-state index is 0.0376. The second kappa shape index (κ2) is 6.43. The van der Waals surface area contributed by atoms with Gasteiger partial charge in [-0.1, -0.05) is 15.9 Å². The molecule has 116 valence electrons. The summed E-state index contributed by atoms with van der Waals surface area (Å²) in [5.74, 6) is -0.568. The fourth-order valence-electron chi connectivity index (χ4n) is 2.04. The molecule has 0 amide bonds. The zero-order valence-electron chi connectivity index (χ0n) is 11.7. The number of benzene rings is 1. The molecule has 1 unspecified atom stereocenters. The average molecular weight is 378 g/mol. The molecule has 0 saturated carbocycles. The quantitative estimate of drug-likeness (QED) is 0.742. The zero-order chi connectivity index (χ0) is 15.6. The highest BCUT2D eigenvalue weighted by atomic mass is 79.9. The van der Waals surface area contributed by atoms with Gasteiger partial charge in [-0.05, 0) is 30.7 Å². The molecule has 0 radical (unpaired) electrons. The lowest BCUT2D eigenvalue weighted by atomic mass is 10.2. The van der Waals surface area contributed by atoms with E-state index in [-0.39, 0.29) is 24.6 Å². The van der Waals surface area contributed by atoms with Crippen LogP contribution in [0.4, 0.5) is 0 Å². The summed E-state index contributed by atoms with van der Waals surface area (Å²) >= 11 is 3.34. The van der Waals surface area contributed by atoms with Crippen molar-refractivity contribution in [3.63, 3.8) is 0 Å². The Labute approximate surface area is 132 Å². The number of rotatable bonds is 3. The number of aryl methyl sites for hydroxylation is 1. The maximum absolute atomic E-state index is 12.6. The largest absolute Gasteiger partial charge is 0.467 e. The van der Waals surface area contributed by atoms with Crippen molar-refractivity contribution in [1.29, 1.82) is 0 Å². The molecule has 0 bridgehead atoms. The smallest absolute Gasteiger partial charge is 0.336 e. The molecule has 1 fully saturated rings. The summed E-state index contributed by atoms with van der Waals surface area (Å²) in [4.78, 5) is 11.7. The van der Waals surface area contributed by atoms with Crippen LogP contribution in [0.5, 0.6) is 0 Å². The van der Waals surface area contributed by atoms with Gasteiger partial charge >= 0.3 is 5.97 Å². The van der Waals surface area contributed by atoms with E-state index in [4.69, 9.17) is 4.74 Å². The zero-order valence-corrected chi connectivity index (χ0v) is 14.1. The van der Waals surface area contributed by atoms with E-state index >= 15 is 0 Å². The summed E-state index contributed by atoms with van der Waals surface area (Å²) in [5.41, 5.74) is 0.828. The number of carbonyl (C=O) groups excluding carboxylic acids is 1. The second-order valence-electron chi connectivity index (χ2n) is 4.66. The van der Waals surface area contributed by atoms with Gasteiger partial charge in [0.05, 0.1) is 25.2 Å². The van der Waals surface area contributed by atoms with Crippen molar-refractivity contribution in [3.05, 3.63) is 28.2 Å². The first kappa shape index (κ1) is 16.4. The van der Waals surface area contributed by atoms with E-state index in [1.807, 2.05) is 6.92 Å². The van der Waals surface area contributed by atoms with Gasteiger partial charge in [0.15, 0.2) is 6.10 Å². The Balaban J connectivity index is 2.26. The lowest BCUT2D eigenvalue weighted by Gasteiger charge is -2.30. The number of hydrogen-bond donors (Lipinski definition) is 0. The molecule has 0 aromatic heterocycles. The van der Waals surface area contributed by atoms with Crippen molar-refractivity contribution in [2.45, 2.75) is 17.9 Å². The fourth-order valence-corrected chi connectivity index (χ4v) is 3.80. The number of methoxy groups -OCH3 is 1. The van der Waals surface area contributed by atoms with Gasteiger partial charge in [-0.3, -0.25) is 0 Å². The van der Waals surface area contributed by atoms with E-state index in [0.717, 1.165) is 10.0 Å². The van der Waals surface area contributed by atoms with Crippen LogP contribution in [0.1, 0.15) is 5.56 Å². The van der Waals surface area contributed by atoms with Gasteiger partial charge in [-0.15, -0.1) is 0 Å². The highest BCUT2D eigenvalue weighted by molar-refractivity contribution is 9.10. The van der Waals surface area contributed by atoms with Crippen LogP contribution in [-0.2, 0) is 24.3 Å².